The zero-order chi connectivity index (χ0) is 14.1. The first-order valence-electron chi connectivity index (χ1n) is 7.56. The lowest BCUT2D eigenvalue weighted by atomic mass is 9.78. The van der Waals surface area contributed by atoms with Gasteiger partial charge in [-0.3, -0.25) is 0 Å². The van der Waals surface area contributed by atoms with E-state index in [1.54, 1.807) is 0 Å². The predicted molar refractivity (Wildman–Crippen MR) is 82.6 cm³/mol. The van der Waals surface area contributed by atoms with Gasteiger partial charge >= 0.3 is 0 Å². The maximum atomic E-state index is 5.78. The lowest BCUT2D eigenvalue weighted by Crippen LogP contribution is -2.35. The van der Waals surface area contributed by atoms with Crippen LogP contribution in [-0.2, 0) is 0 Å². The standard InChI is InChI=1S/C16H23N3O/c1-10(2)12-5-3-4-6-13(12)18-16-19-14-8-7-11(17)9-15(14)20-16/h7-10,12-13H,3-6,17H2,1-2H3,(H,18,19). The van der Waals surface area contributed by atoms with Crippen molar-refractivity contribution in [1.82, 2.24) is 4.98 Å². The molecule has 1 aliphatic rings. The second-order valence-electron chi connectivity index (χ2n) is 6.19. The highest BCUT2D eigenvalue weighted by Gasteiger charge is 2.28. The van der Waals surface area contributed by atoms with Crippen LogP contribution in [0, 0.1) is 11.8 Å². The van der Waals surface area contributed by atoms with Crippen molar-refractivity contribution in [1.29, 1.82) is 0 Å². The van der Waals surface area contributed by atoms with E-state index in [-0.39, 0.29) is 0 Å². The average molecular weight is 273 g/mol. The molecular weight excluding hydrogens is 250 g/mol. The Morgan fingerprint density at radius 2 is 2.10 bits per heavy atom. The molecule has 0 aliphatic heterocycles. The number of fused-ring (bicyclic) bond motifs is 1. The van der Waals surface area contributed by atoms with Crippen LogP contribution in [0.25, 0.3) is 11.1 Å². The molecule has 0 radical (unpaired) electrons. The zero-order valence-electron chi connectivity index (χ0n) is 12.2. The molecule has 20 heavy (non-hydrogen) atoms. The van der Waals surface area contributed by atoms with Crippen molar-refractivity contribution < 1.29 is 4.42 Å². The number of oxazole rings is 1. The van der Waals surface area contributed by atoms with E-state index in [2.05, 4.69) is 24.1 Å². The lowest BCUT2D eigenvalue weighted by Gasteiger charge is -2.34. The Kier molecular flexibility index (Phi) is 3.55. The largest absolute Gasteiger partial charge is 0.423 e. The summed E-state index contributed by atoms with van der Waals surface area (Å²) in [4.78, 5) is 4.51. The smallest absolute Gasteiger partial charge is 0.295 e. The van der Waals surface area contributed by atoms with Gasteiger partial charge in [0.05, 0.1) is 0 Å². The van der Waals surface area contributed by atoms with E-state index >= 15 is 0 Å². The summed E-state index contributed by atoms with van der Waals surface area (Å²) in [6.07, 6.45) is 5.12. The summed E-state index contributed by atoms with van der Waals surface area (Å²) >= 11 is 0. The second kappa shape index (κ2) is 5.35. The molecule has 0 saturated heterocycles. The highest BCUT2D eigenvalue weighted by molar-refractivity contribution is 5.78. The monoisotopic (exact) mass is 273 g/mol. The molecule has 3 N–H and O–H groups in total. The van der Waals surface area contributed by atoms with E-state index in [1.165, 1.54) is 25.7 Å². The molecule has 2 atom stereocenters. The lowest BCUT2D eigenvalue weighted by molar-refractivity contribution is 0.251. The van der Waals surface area contributed by atoms with Crippen LogP contribution >= 0.6 is 0 Å². The van der Waals surface area contributed by atoms with Crippen molar-refractivity contribution in [2.24, 2.45) is 11.8 Å². The fraction of sp³-hybridized carbons (Fsp3) is 0.562. The minimum Gasteiger partial charge on any atom is -0.423 e. The molecule has 1 aromatic carbocycles. The van der Waals surface area contributed by atoms with Gasteiger partial charge < -0.3 is 15.5 Å². The number of rotatable bonds is 3. The molecule has 0 bridgehead atoms. The molecule has 1 saturated carbocycles. The van der Waals surface area contributed by atoms with Gasteiger partial charge in [0.15, 0.2) is 5.58 Å². The number of nitrogens with one attached hydrogen (secondary N) is 1. The predicted octanol–water partition coefficient (Wildman–Crippen LogP) is 4.04. The van der Waals surface area contributed by atoms with E-state index in [9.17, 15) is 0 Å². The van der Waals surface area contributed by atoms with Gasteiger partial charge in [-0.25, -0.2) is 0 Å². The maximum Gasteiger partial charge on any atom is 0.295 e. The van der Waals surface area contributed by atoms with Crippen molar-refractivity contribution in [3.63, 3.8) is 0 Å². The third kappa shape index (κ3) is 2.60. The molecule has 4 nitrogen and oxygen atoms in total. The quantitative estimate of drug-likeness (QED) is 0.828. The number of aromatic nitrogens is 1. The van der Waals surface area contributed by atoms with Crippen molar-refractivity contribution >= 4 is 22.8 Å². The van der Waals surface area contributed by atoms with Gasteiger partial charge in [-0.1, -0.05) is 26.7 Å². The molecule has 3 rings (SSSR count). The first kappa shape index (κ1) is 13.3. The average Bonchev–Trinajstić information content (AvgIpc) is 2.80. The number of nitrogen functional groups attached to an aromatic ring is 1. The van der Waals surface area contributed by atoms with E-state index in [1.807, 2.05) is 18.2 Å². The van der Waals surface area contributed by atoms with Gasteiger partial charge in [0.2, 0.25) is 0 Å². The van der Waals surface area contributed by atoms with Crippen LogP contribution in [0.4, 0.5) is 11.7 Å². The maximum absolute atomic E-state index is 5.78. The topological polar surface area (TPSA) is 64.1 Å². The van der Waals surface area contributed by atoms with Crippen molar-refractivity contribution in [3.05, 3.63) is 18.2 Å². The molecular formula is C16H23N3O. The summed E-state index contributed by atoms with van der Waals surface area (Å²) < 4.78 is 5.78. The van der Waals surface area contributed by atoms with Crippen LogP contribution in [0.2, 0.25) is 0 Å². The van der Waals surface area contributed by atoms with Crippen LogP contribution in [0.1, 0.15) is 39.5 Å². The first-order valence-corrected chi connectivity index (χ1v) is 7.56. The fourth-order valence-electron chi connectivity index (χ4n) is 3.30. The van der Waals surface area contributed by atoms with Crippen LogP contribution in [0.5, 0.6) is 0 Å². The molecule has 1 heterocycles. The Morgan fingerprint density at radius 1 is 1.30 bits per heavy atom. The number of anilines is 2. The molecule has 1 aromatic heterocycles. The third-order valence-electron chi connectivity index (χ3n) is 4.40. The van der Waals surface area contributed by atoms with Crippen molar-refractivity contribution in [2.45, 2.75) is 45.6 Å². The van der Waals surface area contributed by atoms with Gasteiger partial charge in [0.1, 0.15) is 5.52 Å². The van der Waals surface area contributed by atoms with Crippen molar-refractivity contribution in [2.75, 3.05) is 11.1 Å². The minimum atomic E-state index is 0.467. The summed E-state index contributed by atoms with van der Waals surface area (Å²) in [5.41, 5.74) is 8.09. The van der Waals surface area contributed by atoms with Gasteiger partial charge in [-0.15, -0.1) is 0 Å². The molecule has 4 heteroatoms. The number of hydrogen-bond donors (Lipinski definition) is 2. The Morgan fingerprint density at radius 3 is 2.90 bits per heavy atom. The molecule has 0 amide bonds. The van der Waals surface area contributed by atoms with E-state index in [4.69, 9.17) is 10.2 Å². The second-order valence-corrected chi connectivity index (χ2v) is 6.19. The summed E-state index contributed by atoms with van der Waals surface area (Å²) in [6.45, 7) is 4.61. The van der Waals surface area contributed by atoms with Gasteiger partial charge in [-0.05, 0) is 36.8 Å². The Balaban J connectivity index is 1.80. The SMILES string of the molecule is CC(C)C1CCCCC1Nc1nc2ccc(N)cc2o1. The normalized spacial score (nSPS) is 23.4. The van der Waals surface area contributed by atoms with Gasteiger partial charge in [0.25, 0.3) is 6.01 Å². The summed E-state index contributed by atoms with van der Waals surface area (Å²) in [5.74, 6) is 1.39. The first-order chi connectivity index (χ1) is 9.63. The number of nitrogens with zero attached hydrogens (tertiary/aromatic N) is 1. The number of nitrogens with two attached hydrogens (primary N) is 1. The highest BCUT2D eigenvalue weighted by Crippen LogP contribution is 2.32. The molecule has 108 valence electrons. The number of hydrogen-bond acceptors (Lipinski definition) is 4. The van der Waals surface area contributed by atoms with E-state index in [0.29, 0.717) is 29.6 Å². The molecule has 0 spiro atoms. The summed E-state index contributed by atoms with van der Waals surface area (Å²) in [5, 5.41) is 3.50. The summed E-state index contributed by atoms with van der Waals surface area (Å²) in [7, 11) is 0. The summed E-state index contributed by atoms with van der Waals surface area (Å²) in [6, 6.07) is 6.68. The van der Waals surface area contributed by atoms with E-state index in [0.717, 1.165) is 11.1 Å². The Bertz CT molecular complexity index is 590. The minimum absolute atomic E-state index is 0.467. The van der Waals surface area contributed by atoms with Crippen LogP contribution in [0.3, 0.4) is 0 Å². The van der Waals surface area contributed by atoms with Crippen LogP contribution in [-0.4, -0.2) is 11.0 Å². The number of benzene rings is 1. The molecule has 2 aromatic rings. The van der Waals surface area contributed by atoms with Crippen molar-refractivity contribution in [3.8, 4) is 0 Å². The zero-order valence-corrected chi connectivity index (χ0v) is 12.2. The third-order valence-corrected chi connectivity index (χ3v) is 4.40. The Hall–Kier alpha value is -1.71. The molecule has 1 aliphatic carbocycles. The molecule has 2 unspecified atom stereocenters. The molecule has 1 fully saturated rings. The van der Waals surface area contributed by atoms with Crippen LogP contribution < -0.4 is 11.1 Å². The highest BCUT2D eigenvalue weighted by atomic mass is 16.4. The fourth-order valence-corrected chi connectivity index (χ4v) is 3.30. The Labute approximate surface area is 119 Å². The van der Waals surface area contributed by atoms with E-state index < -0.39 is 0 Å². The van der Waals surface area contributed by atoms with Gasteiger partial charge in [0, 0.05) is 17.8 Å². The van der Waals surface area contributed by atoms with Crippen LogP contribution in [0.15, 0.2) is 22.6 Å². The van der Waals surface area contributed by atoms with Gasteiger partial charge in [-0.2, -0.15) is 4.98 Å².